The molecule has 1 aromatic carbocycles. The number of carbonyl (C=O) groups excluding carboxylic acids is 1. The van der Waals surface area contributed by atoms with Crippen LogP contribution in [0.4, 0.5) is 9.18 Å². The summed E-state index contributed by atoms with van der Waals surface area (Å²) in [5, 5.41) is 7.35. The van der Waals surface area contributed by atoms with Crippen LogP contribution in [0.25, 0.3) is 0 Å². The van der Waals surface area contributed by atoms with Crippen LogP contribution in [0.1, 0.15) is 48.9 Å². The van der Waals surface area contributed by atoms with Gasteiger partial charge in [0.15, 0.2) is 0 Å². The SMILES string of the molecule is O=C(N[C@@H]1CCCc2cc(F)ccc21)N1CCC[C@H](n2cncn2)C1. The topological polar surface area (TPSA) is 63.1 Å². The van der Waals surface area contributed by atoms with E-state index in [1.807, 2.05) is 15.6 Å². The second-order valence-corrected chi connectivity index (χ2v) is 6.86. The van der Waals surface area contributed by atoms with Crippen LogP contribution in [0.2, 0.25) is 0 Å². The number of hydrogen-bond donors (Lipinski definition) is 1. The summed E-state index contributed by atoms with van der Waals surface area (Å²) in [5.74, 6) is -0.211. The van der Waals surface area contributed by atoms with E-state index in [2.05, 4.69) is 15.4 Å². The Morgan fingerprint density at radius 2 is 2.20 bits per heavy atom. The molecular weight excluding hydrogens is 321 g/mol. The average Bonchev–Trinajstić information content (AvgIpc) is 3.16. The molecule has 1 aromatic heterocycles. The van der Waals surface area contributed by atoms with Gasteiger partial charge < -0.3 is 10.2 Å². The van der Waals surface area contributed by atoms with Gasteiger partial charge in [-0.15, -0.1) is 0 Å². The standard InChI is InChI=1S/C18H22FN5O/c19-14-6-7-16-13(9-14)3-1-5-17(16)22-18(25)23-8-2-4-15(10-23)24-12-20-11-21-24/h6-7,9,11-12,15,17H,1-5,8,10H2,(H,22,25)/t15-,17+/m0/s1. The first-order chi connectivity index (χ1) is 12.2. The fourth-order valence-corrected chi connectivity index (χ4v) is 3.93. The summed E-state index contributed by atoms with van der Waals surface area (Å²) < 4.78 is 15.3. The number of carbonyl (C=O) groups is 1. The molecule has 2 heterocycles. The Morgan fingerprint density at radius 1 is 1.28 bits per heavy atom. The van der Waals surface area contributed by atoms with Crippen LogP contribution in [0, 0.1) is 5.82 Å². The number of aromatic nitrogens is 3. The highest BCUT2D eigenvalue weighted by atomic mass is 19.1. The van der Waals surface area contributed by atoms with E-state index >= 15 is 0 Å². The lowest BCUT2D eigenvalue weighted by molar-refractivity contribution is 0.159. The van der Waals surface area contributed by atoms with Crippen molar-refractivity contribution in [3.05, 3.63) is 47.8 Å². The van der Waals surface area contributed by atoms with Crippen molar-refractivity contribution in [1.29, 1.82) is 0 Å². The van der Waals surface area contributed by atoms with Crippen molar-refractivity contribution in [1.82, 2.24) is 25.0 Å². The van der Waals surface area contributed by atoms with Crippen molar-refractivity contribution >= 4 is 6.03 Å². The summed E-state index contributed by atoms with van der Waals surface area (Å²) in [6.07, 6.45) is 7.91. The fraction of sp³-hybridized carbons (Fsp3) is 0.500. The summed E-state index contributed by atoms with van der Waals surface area (Å²) in [6.45, 7) is 1.39. The smallest absolute Gasteiger partial charge is 0.317 e. The molecule has 4 rings (SSSR count). The molecule has 1 saturated heterocycles. The molecule has 7 heteroatoms. The van der Waals surface area contributed by atoms with Gasteiger partial charge in [-0.05, 0) is 55.4 Å². The van der Waals surface area contributed by atoms with Crippen molar-refractivity contribution in [2.45, 2.75) is 44.2 Å². The van der Waals surface area contributed by atoms with Crippen molar-refractivity contribution in [2.75, 3.05) is 13.1 Å². The summed E-state index contributed by atoms with van der Waals surface area (Å²) >= 11 is 0. The minimum absolute atomic E-state index is 0.0383. The predicted molar refractivity (Wildman–Crippen MR) is 90.5 cm³/mol. The highest BCUT2D eigenvalue weighted by Gasteiger charge is 2.28. The largest absolute Gasteiger partial charge is 0.331 e. The number of fused-ring (bicyclic) bond motifs is 1. The number of urea groups is 1. The molecule has 2 amide bonds. The Morgan fingerprint density at radius 3 is 3.04 bits per heavy atom. The molecule has 2 aromatic rings. The Hall–Kier alpha value is -2.44. The van der Waals surface area contributed by atoms with E-state index in [0.29, 0.717) is 6.54 Å². The molecule has 132 valence electrons. The monoisotopic (exact) mass is 343 g/mol. The number of benzene rings is 1. The van der Waals surface area contributed by atoms with Gasteiger partial charge >= 0.3 is 6.03 Å². The number of amides is 2. The van der Waals surface area contributed by atoms with Gasteiger partial charge in [0.2, 0.25) is 0 Å². The third-order valence-corrected chi connectivity index (χ3v) is 5.21. The molecule has 2 atom stereocenters. The zero-order chi connectivity index (χ0) is 17.2. The molecule has 1 N–H and O–H groups in total. The minimum atomic E-state index is -0.211. The van der Waals surface area contributed by atoms with E-state index in [4.69, 9.17) is 0 Å². The van der Waals surface area contributed by atoms with Crippen molar-refractivity contribution in [3.63, 3.8) is 0 Å². The first kappa shape index (κ1) is 16.1. The highest BCUT2D eigenvalue weighted by Crippen LogP contribution is 2.30. The van der Waals surface area contributed by atoms with Crippen LogP contribution >= 0.6 is 0 Å². The molecule has 1 fully saturated rings. The maximum atomic E-state index is 13.4. The first-order valence-corrected chi connectivity index (χ1v) is 8.88. The molecule has 1 aliphatic carbocycles. The summed E-state index contributed by atoms with van der Waals surface area (Å²) in [6, 6.07) is 4.97. The molecule has 0 saturated carbocycles. The number of piperidine rings is 1. The van der Waals surface area contributed by atoms with Gasteiger partial charge in [-0.25, -0.2) is 18.9 Å². The summed E-state index contributed by atoms with van der Waals surface area (Å²) in [7, 11) is 0. The molecule has 6 nitrogen and oxygen atoms in total. The van der Waals surface area contributed by atoms with Gasteiger partial charge in [-0.1, -0.05) is 6.07 Å². The van der Waals surface area contributed by atoms with Crippen molar-refractivity contribution in [3.8, 4) is 0 Å². The van der Waals surface area contributed by atoms with E-state index < -0.39 is 0 Å². The number of nitrogens with one attached hydrogen (secondary N) is 1. The molecular formula is C18H22FN5O. The number of halogens is 1. The Bertz CT molecular complexity index is 748. The van der Waals surface area contributed by atoms with Crippen LogP contribution in [-0.4, -0.2) is 38.8 Å². The highest BCUT2D eigenvalue weighted by molar-refractivity contribution is 5.75. The van der Waals surface area contributed by atoms with Gasteiger partial charge in [-0.2, -0.15) is 5.10 Å². The molecule has 0 radical (unpaired) electrons. The van der Waals surface area contributed by atoms with E-state index in [0.717, 1.165) is 49.8 Å². The maximum Gasteiger partial charge on any atom is 0.317 e. The molecule has 2 aliphatic rings. The fourth-order valence-electron chi connectivity index (χ4n) is 3.93. The molecule has 0 bridgehead atoms. The third-order valence-electron chi connectivity index (χ3n) is 5.21. The van der Waals surface area contributed by atoms with E-state index in [1.54, 1.807) is 12.4 Å². The Balaban J connectivity index is 1.44. The number of rotatable bonds is 2. The molecule has 25 heavy (non-hydrogen) atoms. The lowest BCUT2D eigenvalue weighted by Crippen LogP contribution is -2.47. The Kier molecular flexibility index (Phi) is 4.38. The lowest BCUT2D eigenvalue weighted by Gasteiger charge is -2.35. The number of nitrogens with zero attached hydrogens (tertiary/aromatic N) is 4. The third kappa shape index (κ3) is 3.36. The van der Waals surface area contributed by atoms with Crippen LogP contribution in [0.3, 0.4) is 0 Å². The summed E-state index contributed by atoms with van der Waals surface area (Å²) in [5.41, 5.74) is 2.06. The Labute approximate surface area is 146 Å². The number of likely N-dealkylation sites (tertiary alicyclic amines) is 1. The van der Waals surface area contributed by atoms with Crippen LogP contribution in [0.15, 0.2) is 30.9 Å². The van der Waals surface area contributed by atoms with Gasteiger partial charge in [0, 0.05) is 13.1 Å². The quantitative estimate of drug-likeness (QED) is 0.912. The average molecular weight is 343 g/mol. The van der Waals surface area contributed by atoms with E-state index in [1.165, 1.54) is 12.4 Å². The molecule has 1 aliphatic heterocycles. The lowest BCUT2D eigenvalue weighted by atomic mass is 9.87. The normalized spacial score (nSPS) is 23.2. The number of aryl methyl sites for hydroxylation is 1. The second kappa shape index (κ2) is 6.82. The number of hydrogen-bond acceptors (Lipinski definition) is 3. The molecule has 0 unspecified atom stereocenters. The zero-order valence-corrected chi connectivity index (χ0v) is 14.1. The van der Waals surface area contributed by atoms with Gasteiger partial charge in [0.25, 0.3) is 0 Å². The van der Waals surface area contributed by atoms with E-state index in [-0.39, 0.29) is 23.9 Å². The van der Waals surface area contributed by atoms with Gasteiger partial charge in [-0.3, -0.25) is 0 Å². The van der Waals surface area contributed by atoms with Crippen LogP contribution < -0.4 is 5.32 Å². The predicted octanol–water partition coefficient (Wildman–Crippen LogP) is 2.84. The second-order valence-electron chi connectivity index (χ2n) is 6.86. The van der Waals surface area contributed by atoms with Crippen molar-refractivity contribution < 1.29 is 9.18 Å². The van der Waals surface area contributed by atoms with Gasteiger partial charge in [0.1, 0.15) is 18.5 Å². The molecule has 0 spiro atoms. The van der Waals surface area contributed by atoms with Crippen molar-refractivity contribution in [2.24, 2.45) is 0 Å². The van der Waals surface area contributed by atoms with Gasteiger partial charge in [0.05, 0.1) is 12.1 Å². The van der Waals surface area contributed by atoms with E-state index in [9.17, 15) is 9.18 Å². The van der Waals surface area contributed by atoms with Crippen LogP contribution in [-0.2, 0) is 6.42 Å². The first-order valence-electron chi connectivity index (χ1n) is 8.88. The zero-order valence-electron chi connectivity index (χ0n) is 14.1. The minimum Gasteiger partial charge on any atom is -0.331 e. The summed E-state index contributed by atoms with van der Waals surface area (Å²) in [4.78, 5) is 18.6. The van der Waals surface area contributed by atoms with Crippen LogP contribution in [0.5, 0.6) is 0 Å². The maximum absolute atomic E-state index is 13.4.